The van der Waals surface area contributed by atoms with Gasteiger partial charge in [-0.2, -0.15) is 18.3 Å². The molecule has 1 aliphatic carbocycles. The Bertz CT molecular complexity index is 1300. The molecule has 5 rings (SSSR count). The van der Waals surface area contributed by atoms with Gasteiger partial charge in [-0.15, -0.1) is 0 Å². The number of carboxylic acids is 1. The summed E-state index contributed by atoms with van der Waals surface area (Å²) in [5.41, 5.74) is 10.2. The number of hydrogen-bond donors (Lipinski definition) is 3. The number of aliphatic hydroxyl groups excluding tert-OH is 1. The van der Waals surface area contributed by atoms with Crippen LogP contribution in [0.2, 0.25) is 0 Å². The van der Waals surface area contributed by atoms with E-state index in [4.69, 9.17) is 15.6 Å². The van der Waals surface area contributed by atoms with Gasteiger partial charge in [0.25, 0.3) is 5.91 Å². The summed E-state index contributed by atoms with van der Waals surface area (Å²) in [5.74, 6) is -1.85. The number of carbonyl (C=O) groups excluding carboxylic acids is 1. The molecular formula is C22H23F3N6O4. The first-order valence-electron chi connectivity index (χ1n) is 10.8. The number of anilines is 1. The summed E-state index contributed by atoms with van der Waals surface area (Å²) in [6, 6.07) is 4.07. The van der Waals surface area contributed by atoms with Gasteiger partial charge < -0.3 is 20.8 Å². The summed E-state index contributed by atoms with van der Waals surface area (Å²) in [6.07, 6.45) is -0.404. The van der Waals surface area contributed by atoms with Gasteiger partial charge in [-0.05, 0) is 55.9 Å². The summed E-state index contributed by atoms with van der Waals surface area (Å²) in [4.78, 5) is 32.2. The first kappa shape index (κ1) is 24.4. The molecule has 0 radical (unpaired) electrons. The van der Waals surface area contributed by atoms with Gasteiger partial charge in [0.05, 0.1) is 23.6 Å². The number of benzene rings is 1. The number of nitrogens with zero attached hydrogens (tertiary/aromatic N) is 5. The molecule has 13 heteroatoms. The van der Waals surface area contributed by atoms with Crippen LogP contribution in [-0.2, 0) is 11.3 Å². The molecule has 1 aliphatic heterocycles. The minimum atomic E-state index is -5.08. The second-order valence-electron chi connectivity index (χ2n) is 8.61. The molecule has 3 aromatic rings. The largest absolute Gasteiger partial charge is 0.490 e. The molecule has 0 saturated heterocycles. The second-order valence-corrected chi connectivity index (χ2v) is 8.61. The number of imidazole rings is 1. The first-order chi connectivity index (χ1) is 16.4. The quantitative estimate of drug-likeness (QED) is 0.504. The molecule has 4 N–H and O–H groups in total. The lowest BCUT2D eigenvalue weighted by Gasteiger charge is -2.24. The lowest BCUT2D eigenvalue weighted by molar-refractivity contribution is -0.192. The predicted octanol–water partition coefficient (Wildman–Crippen LogP) is 2.81. The third-order valence-corrected chi connectivity index (χ3v) is 6.18. The van der Waals surface area contributed by atoms with Crippen LogP contribution in [0.4, 0.5) is 19.0 Å². The number of rotatable bonds is 4. The number of nitrogens with two attached hydrogens (primary N) is 1. The number of hydrogen-bond acceptors (Lipinski definition) is 7. The fourth-order valence-electron chi connectivity index (χ4n) is 4.18. The van der Waals surface area contributed by atoms with Crippen LogP contribution in [-0.4, -0.2) is 58.8 Å². The average molecular weight is 492 g/mol. The summed E-state index contributed by atoms with van der Waals surface area (Å²) in [6.45, 7) is 4.37. The van der Waals surface area contributed by atoms with Crippen LogP contribution >= 0.6 is 0 Å². The molecule has 2 aromatic heterocycles. The van der Waals surface area contributed by atoms with Crippen molar-refractivity contribution in [1.82, 2.24) is 24.5 Å². The van der Waals surface area contributed by atoms with Crippen LogP contribution in [0.5, 0.6) is 0 Å². The van der Waals surface area contributed by atoms with E-state index in [2.05, 4.69) is 22.0 Å². The fourth-order valence-corrected chi connectivity index (χ4v) is 4.18. The highest BCUT2D eigenvalue weighted by Gasteiger charge is 2.40. The molecule has 186 valence electrons. The van der Waals surface area contributed by atoms with Crippen LogP contribution in [0.15, 0.2) is 24.7 Å². The van der Waals surface area contributed by atoms with Crippen LogP contribution < -0.4 is 5.73 Å². The smallest absolute Gasteiger partial charge is 0.475 e. The summed E-state index contributed by atoms with van der Waals surface area (Å²) in [7, 11) is 0. The van der Waals surface area contributed by atoms with Crippen molar-refractivity contribution in [2.24, 2.45) is 5.92 Å². The number of alkyl halides is 3. The van der Waals surface area contributed by atoms with Gasteiger partial charge in [-0.25, -0.2) is 19.3 Å². The molecule has 1 aromatic carbocycles. The van der Waals surface area contributed by atoms with E-state index in [9.17, 15) is 23.1 Å². The Hall–Kier alpha value is -3.74. The molecule has 3 heterocycles. The van der Waals surface area contributed by atoms with E-state index in [1.807, 2.05) is 17.0 Å². The molecule has 2 atom stereocenters. The number of amides is 1. The highest BCUT2D eigenvalue weighted by molar-refractivity contribution is 6.01. The highest BCUT2D eigenvalue weighted by Crippen LogP contribution is 2.41. The van der Waals surface area contributed by atoms with E-state index in [0.717, 1.165) is 16.8 Å². The number of carboxylic acid groups (broad SMARTS) is 1. The summed E-state index contributed by atoms with van der Waals surface area (Å²) >= 11 is 0. The predicted molar refractivity (Wildman–Crippen MR) is 117 cm³/mol. The zero-order valence-corrected chi connectivity index (χ0v) is 18.8. The monoisotopic (exact) mass is 492 g/mol. The van der Waals surface area contributed by atoms with E-state index in [0.29, 0.717) is 35.1 Å². The highest BCUT2D eigenvalue weighted by atomic mass is 19.4. The summed E-state index contributed by atoms with van der Waals surface area (Å²) in [5, 5.41) is 21.8. The first-order valence-corrected chi connectivity index (χ1v) is 10.8. The lowest BCUT2D eigenvalue weighted by atomic mass is 9.95. The minimum Gasteiger partial charge on any atom is -0.475 e. The van der Waals surface area contributed by atoms with Gasteiger partial charge in [-0.1, -0.05) is 0 Å². The molecule has 1 unspecified atom stereocenters. The van der Waals surface area contributed by atoms with Crippen molar-refractivity contribution in [2.75, 3.05) is 5.73 Å². The molecular weight excluding hydrogens is 469 g/mol. The van der Waals surface area contributed by atoms with Gasteiger partial charge in [0.1, 0.15) is 6.33 Å². The molecule has 10 nitrogen and oxygen atoms in total. The Morgan fingerprint density at radius 3 is 2.46 bits per heavy atom. The third-order valence-electron chi connectivity index (χ3n) is 6.18. The number of aliphatic hydroxyl groups is 1. The zero-order chi connectivity index (χ0) is 25.7. The van der Waals surface area contributed by atoms with Crippen molar-refractivity contribution in [3.05, 3.63) is 41.3 Å². The Morgan fingerprint density at radius 1 is 1.23 bits per heavy atom. The molecule has 0 bridgehead atoms. The van der Waals surface area contributed by atoms with Crippen molar-refractivity contribution >= 4 is 23.3 Å². The SMILES string of the molecule is CC(O)c1cc(-c2cnc3c(N)ncnn23)cc2c1C(=O)N([C@@H](C)C1CC1)C2.O=C(O)C(F)(F)F. The second kappa shape index (κ2) is 8.80. The van der Waals surface area contributed by atoms with Crippen LogP contribution in [0.1, 0.15) is 54.3 Å². The van der Waals surface area contributed by atoms with E-state index in [1.165, 1.54) is 19.2 Å². The standard InChI is InChI=1S/C20H22N6O2.C2HF3O2/c1-10(12-3-4-12)25-8-14-5-13(6-15(11(2)27)17(14)20(25)28)16-7-22-19-18(21)23-9-24-26(16)19;3-2(4,5)1(6)7/h5-7,9-12,27H,3-4,8H2,1-2H3,(H2,21,23,24);(H,6,7)/t10-,11?;/m0./s1. The fraction of sp³-hybridized carbons (Fsp3) is 0.409. The van der Waals surface area contributed by atoms with Crippen molar-refractivity contribution in [3.8, 4) is 11.3 Å². The third kappa shape index (κ3) is 4.63. The van der Waals surface area contributed by atoms with E-state index < -0.39 is 18.2 Å². The number of aliphatic carboxylic acids is 1. The van der Waals surface area contributed by atoms with Gasteiger partial charge >= 0.3 is 12.1 Å². The van der Waals surface area contributed by atoms with Crippen LogP contribution in [0, 0.1) is 5.92 Å². The molecule has 1 amide bonds. The van der Waals surface area contributed by atoms with Gasteiger partial charge in [-0.3, -0.25) is 4.79 Å². The molecule has 2 aliphatic rings. The van der Waals surface area contributed by atoms with Crippen molar-refractivity contribution in [2.45, 2.75) is 51.6 Å². The van der Waals surface area contributed by atoms with Crippen molar-refractivity contribution in [1.29, 1.82) is 0 Å². The van der Waals surface area contributed by atoms with Gasteiger partial charge in [0.15, 0.2) is 11.5 Å². The zero-order valence-electron chi connectivity index (χ0n) is 18.8. The number of carbonyl (C=O) groups is 2. The Balaban J connectivity index is 0.000000364. The Labute approximate surface area is 197 Å². The molecule has 1 fully saturated rings. The normalized spacial score (nSPS) is 17.1. The molecule has 35 heavy (non-hydrogen) atoms. The Morgan fingerprint density at radius 2 is 1.89 bits per heavy atom. The van der Waals surface area contributed by atoms with E-state index >= 15 is 0 Å². The van der Waals surface area contributed by atoms with Crippen molar-refractivity contribution < 1.29 is 33.0 Å². The molecule has 1 saturated carbocycles. The Kier molecular flexibility index (Phi) is 6.13. The maximum atomic E-state index is 13.1. The minimum absolute atomic E-state index is 0.0153. The maximum absolute atomic E-state index is 13.1. The number of fused-ring (bicyclic) bond motifs is 2. The average Bonchev–Trinajstić information content (AvgIpc) is 3.46. The number of halogens is 3. The van der Waals surface area contributed by atoms with Crippen molar-refractivity contribution in [3.63, 3.8) is 0 Å². The van der Waals surface area contributed by atoms with Crippen LogP contribution in [0.25, 0.3) is 16.9 Å². The topological polar surface area (TPSA) is 147 Å². The maximum Gasteiger partial charge on any atom is 0.490 e. The summed E-state index contributed by atoms with van der Waals surface area (Å²) < 4.78 is 33.4. The van der Waals surface area contributed by atoms with E-state index in [-0.39, 0.29) is 11.9 Å². The number of nitrogen functional groups attached to an aromatic ring is 1. The van der Waals surface area contributed by atoms with E-state index in [1.54, 1.807) is 17.6 Å². The lowest BCUT2D eigenvalue weighted by Crippen LogP contribution is -2.35. The van der Waals surface area contributed by atoms with Gasteiger partial charge in [0.2, 0.25) is 0 Å². The molecule has 0 spiro atoms. The van der Waals surface area contributed by atoms with Gasteiger partial charge in [0, 0.05) is 18.2 Å². The van der Waals surface area contributed by atoms with Crippen LogP contribution in [0.3, 0.4) is 0 Å². The number of aromatic nitrogens is 4.